The van der Waals surface area contributed by atoms with E-state index in [9.17, 15) is 5.11 Å². The van der Waals surface area contributed by atoms with Gasteiger partial charge in [-0.3, -0.25) is 4.90 Å². The van der Waals surface area contributed by atoms with E-state index >= 15 is 0 Å². The van der Waals surface area contributed by atoms with Gasteiger partial charge in [0.15, 0.2) is 5.01 Å². The van der Waals surface area contributed by atoms with Crippen LogP contribution in [0.25, 0.3) is 16.3 Å². The molecule has 2 aliphatic rings. The first kappa shape index (κ1) is 19.5. The maximum absolute atomic E-state index is 10.6. The summed E-state index contributed by atoms with van der Waals surface area (Å²) in [7, 11) is 4.41. The molecule has 0 spiro atoms. The van der Waals surface area contributed by atoms with Crippen molar-refractivity contribution in [1.29, 1.82) is 0 Å². The third kappa shape index (κ3) is 3.01. The van der Waals surface area contributed by atoms with Gasteiger partial charge in [-0.05, 0) is 58.7 Å². The van der Waals surface area contributed by atoms with Crippen molar-refractivity contribution in [2.24, 2.45) is 0 Å². The minimum absolute atomic E-state index is 0.198. The predicted molar refractivity (Wildman–Crippen MR) is 119 cm³/mol. The van der Waals surface area contributed by atoms with Crippen LogP contribution >= 0.6 is 11.3 Å². The molecule has 7 nitrogen and oxygen atoms in total. The van der Waals surface area contributed by atoms with E-state index in [0.717, 1.165) is 28.7 Å². The Labute approximate surface area is 181 Å². The van der Waals surface area contributed by atoms with Crippen molar-refractivity contribution in [3.63, 3.8) is 0 Å². The van der Waals surface area contributed by atoms with Gasteiger partial charge in [0.05, 0.1) is 17.6 Å². The van der Waals surface area contributed by atoms with Crippen LogP contribution in [0.2, 0.25) is 0 Å². The normalized spacial score (nSPS) is 28.7. The number of aromatic nitrogens is 4. The summed E-state index contributed by atoms with van der Waals surface area (Å²) in [4.78, 5) is 8.95. The summed E-state index contributed by atoms with van der Waals surface area (Å²) in [6.45, 7) is 4.78. The Morgan fingerprint density at radius 2 is 1.90 bits per heavy atom. The standard InChI is InChI=1S/C22H28N6OS/c1-21-7-8-22(2,27(21)4)13-16(12-21)26(3)20-25-24-19(30-20)17-6-5-15(11-18(17)29)28-10-9-23-14-28/h5-6,9-11,14,16,29H,7-8,12-13H2,1-4H3/t16-,21-,22+. The Balaban J connectivity index is 1.38. The van der Waals surface area contributed by atoms with Gasteiger partial charge >= 0.3 is 0 Å². The number of imidazole rings is 1. The number of rotatable bonds is 4. The van der Waals surface area contributed by atoms with Crippen LogP contribution in [-0.2, 0) is 0 Å². The van der Waals surface area contributed by atoms with Crippen molar-refractivity contribution >= 4 is 16.5 Å². The number of hydrogen-bond donors (Lipinski definition) is 1. The third-order valence-corrected chi connectivity index (χ3v) is 8.50. The molecule has 3 aromatic rings. The Bertz CT molecular complexity index is 1050. The molecule has 2 fully saturated rings. The zero-order chi connectivity index (χ0) is 21.1. The highest BCUT2D eigenvalue weighted by molar-refractivity contribution is 7.18. The first-order chi connectivity index (χ1) is 14.3. The molecule has 2 bridgehead atoms. The van der Waals surface area contributed by atoms with Crippen LogP contribution in [0.5, 0.6) is 5.75 Å². The van der Waals surface area contributed by atoms with Crippen molar-refractivity contribution in [2.75, 3.05) is 19.0 Å². The van der Waals surface area contributed by atoms with Crippen molar-refractivity contribution < 1.29 is 5.11 Å². The van der Waals surface area contributed by atoms with Crippen LogP contribution in [0, 0.1) is 0 Å². The summed E-state index contributed by atoms with van der Waals surface area (Å²) in [6, 6.07) is 6.03. The summed E-state index contributed by atoms with van der Waals surface area (Å²) in [5.74, 6) is 0.198. The van der Waals surface area contributed by atoms with Crippen molar-refractivity contribution in [2.45, 2.75) is 56.7 Å². The molecule has 2 aromatic heterocycles. The van der Waals surface area contributed by atoms with Gasteiger partial charge in [0.2, 0.25) is 5.13 Å². The average Bonchev–Trinajstić information content (AvgIpc) is 3.44. The van der Waals surface area contributed by atoms with E-state index < -0.39 is 0 Å². The lowest BCUT2D eigenvalue weighted by atomic mass is 9.82. The molecular formula is C22H28N6OS. The topological polar surface area (TPSA) is 70.3 Å². The van der Waals surface area contributed by atoms with Crippen LogP contribution in [0.3, 0.4) is 0 Å². The summed E-state index contributed by atoms with van der Waals surface area (Å²) >= 11 is 1.54. The Hall–Kier alpha value is -2.45. The largest absolute Gasteiger partial charge is 0.507 e. The zero-order valence-corrected chi connectivity index (χ0v) is 18.7. The van der Waals surface area contributed by atoms with Crippen LogP contribution in [-0.4, -0.2) is 61.0 Å². The number of phenolic OH excluding ortho intramolecular Hbond substituents is 1. The second kappa shape index (κ2) is 6.78. The maximum Gasteiger partial charge on any atom is 0.208 e. The van der Waals surface area contributed by atoms with Crippen LogP contribution in [0.15, 0.2) is 36.9 Å². The van der Waals surface area contributed by atoms with Crippen molar-refractivity contribution in [3.8, 4) is 22.0 Å². The van der Waals surface area contributed by atoms with E-state index in [1.54, 1.807) is 18.6 Å². The molecule has 0 radical (unpaired) electrons. The Morgan fingerprint density at radius 1 is 1.17 bits per heavy atom. The minimum atomic E-state index is 0.198. The van der Waals surface area contributed by atoms with Crippen molar-refractivity contribution in [1.82, 2.24) is 24.6 Å². The average molecular weight is 425 g/mol. The van der Waals surface area contributed by atoms with Gasteiger partial charge in [0.25, 0.3) is 0 Å². The summed E-state index contributed by atoms with van der Waals surface area (Å²) in [5.41, 5.74) is 2.07. The summed E-state index contributed by atoms with van der Waals surface area (Å²) in [5, 5.41) is 21.1. The van der Waals surface area contributed by atoms with Gasteiger partial charge in [0.1, 0.15) is 5.75 Å². The molecule has 2 aliphatic heterocycles. The summed E-state index contributed by atoms with van der Waals surface area (Å²) < 4.78 is 1.86. The van der Waals surface area contributed by atoms with Gasteiger partial charge in [-0.15, -0.1) is 10.2 Å². The van der Waals surface area contributed by atoms with E-state index in [1.165, 1.54) is 24.2 Å². The fourth-order valence-corrected chi connectivity index (χ4v) is 6.17. The predicted octanol–water partition coefficient (Wildman–Crippen LogP) is 3.94. The second-order valence-corrected chi connectivity index (χ2v) is 10.2. The fraction of sp³-hybridized carbons (Fsp3) is 0.500. The van der Waals surface area contributed by atoms with E-state index in [-0.39, 0.29) is 16.8 Å². The number of aromatic hydroxyl groups is 1. The highest BCUT2D eigenvalue weighted by Crippen LogP contribution is 2.50. The number of fused-ring (bicyclic) bond motifs is 2. The Kier molecular flexibility index (Phi) is 4.41. The van der Waals surface area contributed by atoms with Gasteiger partial charge < -0.3 is 14.6 Å². The molecule has 1 aromatic carbocycles. The zero-order valence-electron chi connectivity index (χ0n) is 17.9. The van der Waals surface area contributed by atoms with Gasteiger partial charge in [-0.1, -0.05) is 11.3 Å². The Morgan fingerprint density at radius 3 is 2.53 bits per heavy atom. The van der Waals surface area contributed by atoms with Gasteiger partial charge in [-0.2, -0.15) is 0 Å². The maximum atomic E-state index is 10.6. The number of anilines is 1. The number of nitrogens with zero attached hydrogens (tertiary/aromatic N) is 6. The van der Waals surface area contributed by atoms with Gasteiger partial charge in [0, 0.05) is 42.6 Å². The number of phenols is 1. The monoisotopic (exact) mass is 424 g/mol. The van der Waals surface area contributed by atoms with E-state index in [0.29, 0.717) is 11.6 Å². The lowest BCUT2D eigenvalue weighted by Gasteiger charge is -2.51. The fourth-order valence-electron chi connectivity index (χ4n) is 5.26. The molecule has 2 saturated heterocycles. The molecule has 158 valence electrons. The molecule has 3 atom stereocenters. The lowest BCUT2D eigenvalue weighted by molar-refractivity contribution is 0.0274. The molecule has 8 heteroatoms. The smallest absolute Gasteiger partial charge is 0.208 e. The molecule has 0 aliphatic carbocycles. The quantitative estimate of drug-likeness (QED) is 0.684. The lowest BCUT2D eigenvalue weighted by Crippen LogP contribution is -2.59. The van der Waals surface area contributed by atoms with Gasteiger partial charge in [-0.25, -0.2) is 4.98 Å². The highest BCUT2D eigenvalue weighted by atomic mass is 32.1. The SMILES string of the molecule is CN(c1nnc(-c2ccc(-n3ccnc3)cc2O)s1)[C@H]1C[C@]2(C)CC[C@](C)(C1)N2C. The number of hydrogen-bond acceptors (Lipinski definition) is 7. The number of piperidine rings is 1. The first-order valence-electron chi connectivity index (χ1n) is 10.4. The van der Waals surface area contributed by atoms with Crippen molar-refractivity contribution in [3.05, 3.63) is 36.9 Å². The van der Waals surface area contributed by atoms with Crippen LogP contribution < -0.4 is 4.90 Å². The molecule has 30 heavy (non-hydrogen) atoms. The molecule has 5 rings (SSSR count). The molecule has 0 unspecified atom stereocenters. The number of benzene rings is 1. The molecular weight excluding hydrogens is 396 g/mol. The molecule has 4 heterocycles. The van der Waals surface area contributed by atoms with Crippen LogP contribution in [0.1, 0.15) is 39.5 Å². The second-order valence-electron chi connectivity index (χ2n) is 9.29. The van der Waals surface area contributed by atoms with E-state index in [1.807, 2.05) is 22.9 Å². The molecule has 0 saturated carbocycles. The van der Waals surface area contributed by atoms with Crippen LogP contribution in [0.4, 0.5) is 5.13 Å². The minimum Gasteiger partial charge on any atom is -0.507 e. The van der Waals surface area contributed by atoms with E-state index in [2.05, 4.69) is 52.9 Å². The first-order valence-corrected chi connectivity index (χ1v) is 11.2. The summed E-state index contributed by atoms with van der Waals surface area (Å²) in [6.07, 6.45) is 10.1. The molecule has 1 N–H and O–H groups in total. The highest BCUT2D eigenvalue weighted by Gasteiger charge is 2.54. The van der Waals surface area contributed by atoms with E-state index in [4.69, 9.17) is 0 Å². The third-order valence-electron chi connectivity index (χ3n) is 7.45. The molecule has 0 amide bonds.